The van der Waals surface area contributed by atoms with Crippen molar-refractivity contribution in [2.24, 2.45) is 0 Å². The third-order valence-corrected chi connectivity index (χ3v) is 4.82. The molecule has 23 heavy (non-hydrogen) atoms. The quantitative estimate of drug-likeness (QED) is 0.909. The Bertz CT molecular complexity index is 675. The number of nitrogens with one attached hydrogen (secondary N) is 2. The zero-order chi connectivity index (χ0) is 15.6. The van der Waals surface area contributed by atoms with Gasteiger partial charge in [0.05, 0.1) is 6.04 Å². The number of carbonyl (C=O) groups is 1. The summed E-state index contributed by atoms with van der Waals surface area (Å²) in [5, 5.41) is 11.0. The lowest BCUT2D eigenvalue weighted by Gasteiger charge is -2.22. The third-order valence-electron chi connectivity index (χ3n) is 4.82. The average Bonchev–Trinajstić information content (AvgIpc) is 3.19. The topological polar surface area (TPSA) is 59.0 Å². The van der Waals surface area contributed by atoms with Crippen molar-refractivity contribution in [3.05, 3.63) is 53.9 Å². The van der Waals surface area contributed by atoms with Crippen molar-refractivity contribution in [2.45, 2.75) is 37.3 Å². The summed E-state index contributed by atoms with van der Waals surface area (Å²) in [6.07, 6.45) is 5.22. The minimum absolute atomic E-state index is 0.0593. The largest absolute Gasteiger partial charge is 0.347 e. The molecule has 0 bridgehead atoms. The van der Waals surface area contributed by atoms with Gasteiger partial charge in [0.15, 0.2) is 0 Å². The number of hydrogen-bond donors (Lipinski definition) is 2. The number of benzene rings is 1. The van der Waals surface area contributed by atoms with E-state index in [4.69, 9.17) is 0 Å². The molecule has 2 N–H and O–H groups in total. The normalized spacial score (nSPS) is 26.7. The molecule has 0 spiro atoms. The van der Waals surface area contributed by atoms with Crippen LogP contribution in [0.4, 0.5) is 0 Å². The van der Waals surface area contributed by atoms with Crippen molar-refractivity contribution >= 4 is 5.91 Å². The lowest BCUT2D eigenvalue weighted by Crippen LogP contribution is -2.32. The van der Waals surface area contributed by atoms with Crippen LogP contribution in [0.15, 0.2) is 42.6 Å². The fourth-order valence-corrected chi connectivity index (χ4v) is 3.39. The van der Waals surface area contributed by atoms with Gasteiger partial charge in [-0.05, 0) is 37.4 Å². The van der Waals surface area contributed by atoms with Crippen LogP contribution in [0.5, 0.6) is 0 Å². The Kier molecular flexibility index (Phi) is 3.87. The highest BCUT2D eigenvalue weighted by atomic mass is 16.2. The average molecular weight is 310 g/mol. The molecule has 1 aromatic heterocycles. The van der Waals surface area contributed by atoms with Crippen molar-refractivity contribution in [1.29, 1.82) is 0 Å². The Morgan fingerprint density at radius 1 is 1.26 bits per heavy atom. The first kappa shape index (κ1) is 14.5. The SMILES string of the molecule is O=C(N[C@@H]1C[C@H]1c1ccccc1)c1ccn([C@@H]2CCCNC2)n1. The Balaban J connectivity index is 1.36. The predicted octanol–water partition coefficient (Wildman–Crippen LogP) is 2.09. The standard InChI is InChI=1S/C18H22N4O/c23-18(20-17-11-15(17)13-5-2-1-3-6-13)16-8-10-22(21-16)14-7-4-9-19-12-14/h1-3,5-6,8,10,14-15,17,19H,4,7,9,11-12H2,(H,20,23)/t14-,15+,17-/m1/s1. The summed E-state index contributed by atoms with van der Waals surface area (Å²) in [6.45, 7) is 2.01. The van der Waals surface area contributed by atoms with Crippen LogP contribution >= 0.6 is 0 Å². The fourth-order valence-electron chi connectivity index (χ4n) is 3.39. The summed E-state index contributed by atoms with van der Waals surface area (Å²) in [5.41, 5.74) is 1.82. The highest BCUT2D eigenvalue weighted by Gasteiger charge is 2.39. The molecule has 5 heteroatoms. The van der Waals surface area contributed by atoms with E-state index >= 15 is 0 Å². The minimum Gasteiger partial charge on any atom is -0.347 e. The van der Waals surface area contributed by atoms with E-state index in [1.54, 1.807) is 0 Å². The zero-order valence-electron chi connectivity index (χ0n) is 13.1. The molecule has 0 radical (unpaired) electrons. The molecule has 0 unspecified atom stereocenters. The van der Waals surface area contributed by atoms with Crippen LogP contribution in [0.3, 0.4) is 0 Å². The van der Waals surface area contributed by atoms with Gasteiger partial charge < -0.3 is 10.6 Å². The fraction of sp³-hybridized carbons (Fsp3) is 0.444. The number of amides is 1. The molecule has 1 aliphatic carbocycles. The number of hydrogen-bond acceptors (Lipinski definition) is 3. The predicted molar refractivity (Wildman–Crippen MR) is 88.4 cm³/mol. The van der Waals surface area contributed by atoms with Gasteiger partial charge in [-0.15, -0.1) is 0 Å². The van der Waals surface area contributed by atoms with E-state index in [9.17, 15) is 4.79 Å². The maximum Gasteiger partial charge on any atom is 0.272 e. The van der Waals surface area contributed by atoms with Crippen LogP contribution in [0.1, 0.15) is 47.3 Å². The summed E-state index contributed by atoms with van der Waals surface area (Å²) >= 11 is 0. The van der Waals surface area contributed by atoms with Crippen LogP contribution in [-0.4, -0.2) is 34.8 Å². The van der Waals surface area contributed by atoms with Gasteiger partial charge in [0, 0.05) is 24.7 Å². The van der Waals surface area contributed by atoms with E-state index in [1.807, 2.05) is 35.1 Å². The van der Waals surface area contributed by atoms with Crippen molar-refractivity contribution < 1.29 is 4.79 Å². The Labute approximate surface area is 136 Å². The highest BCUT2D eigenvalue weighted by Crippen LogP contribution is 2.40. The number of rotatable bonds is 4. The van der Waals surface area contributed by atoms with Gasteiger partial charge in [-0.3, -0.25) is 9.48 Å². The number of aromatic nitrogens is 2. The van der Waals surface area contributed by atoms with E-state index in [-0.39, 0.29) is 11.9 Å². The van der Waals surface area contributed by atoms with Crippen molar-refractivity contribution in [2.75, 3.05) is 13.1 Å². The molecular weight excluding hydrogens is 288 g/mol. The van der Waals surface area contributed by atoms with Gasteiger partial charge in [-0.1, -0.05) is 30.3 Å². The van der Waals surface area contributed by atoms with E-state index in [2.05, 4.69) is 27.9 Å². The summed E-state index contributed by atoms with van der Waals surface area (Å²) < 4.78 is 1.93. The third kappa shape index (κ3) is 3.15. The van der Waals surface area contributed by atoms with Gasteiger partial charge in [-0.25, -0.2) is 0 Å². The summed E-state index contributed by atoms with van der Waals surface area (Å²) in [4.78, 5) is 12.4. The van der Waals surface area contributed by atoms with E-state index in [0.717, 1.165) is 32.4 Å². The highest BCUT2D eigenvalue weighted by molar-refractivity contribution is 5.92. The summed E-state index contributed by atoms with van der Waals surface area (Å²) in [6, 6.07) is 12.8. The van der Waals surface area contributed by atoms with Crippen molar-refractivity contribution in [3.8, 4) is 0 Å². The monoisotopic (exact) mass is 310 g/mol. The molecular formula is C18H22N4O. The van der Waals surface area contributed by atoms with E-state index in [0.29, 0.717) is 17.7 Å². The van der Waals surface area contributed by atoms with Crippen molar-refractivity contribution in [1.82, 2.24) is 20.4 Å². The molecule has 120 valence electrons. The first-order valence-corrected chi connectivity index (χ1v) is 8.43. The molecule has 3 atom stereocenters. The van der Waals surface area contributed by atoms with Gasteiger partial charge in [0.2, 0.25) is 0 Å². The molecule has 1 saturated carbocycles. The zero-order valence-corrected chi connectivity index (χ0v) is 13.1. The molecule has 2 fully saturated rings. The molecule has 2 heterocycles. The van der Waals surface area contributed by atoms with Crippen LogP contribution in [0.25, 0.3) is 0 Å². The lowest BCUT2D eigenvalue weighted by atomic mass is 10.1. The van der Waals surface area contributed by atoms with E-state index in [1.165, 1.54) is 5.56 Å². The summed E-state index contributed by atoms with van der Waals surface area (Å²) in [7, 11) is 0. The van der Waals surface area contributed by atoms with Gasteiger partial charge >= 0.3 is 0 Å². The maximum absolute atomic E-state index is 12.4. The van der Waals surface area contributed by atoms with Gasteiger partial charge in [-0.2, -0.15) is 5.10 Å². The Hall–Kier alpha value is -2.14. The van der Waals surface area contributed by atoms with Crippen LogP contribution in [0, 0.1) is 0 Å². The number of nitrogens with zero attached hydrogens (tertiary/aromatic N) is 2. The second-order valence-corrected chi connectivity index (χ2v) is 6.51. The molecule has 1 amide bonds. The minimum atomic E-state index is -0.0593. The molecule has 1 aromatic carbocycles. The molecule has 2 aliphatic rings. The van der Waals surface area contributed by atoms with Gasteiger partial charge in [0.25, 0.3) is 5.91 Å². The maximum atomic E-state index is 12.4. The van der Waals surface area contributed by atoms with Crippen LogP contribution < -0.4 is 10.6 Å². The molecule has 1 aliphatic heterocycles. The second kappa shape index (κ2) is 6.16. The first-order chi connectivity index (χ1) is 11.3. The molecule has 4 rings (SSSR count). The van der Waals surface area contributed by atoms with Gasteiger partial charge in [0.1, 0.15) is 5.69 Å². The Morgan fingerprint density at radius 3 is 2.91 bits per heavy atom. The second-order valence-electron chi connectivity index (χ2n) is 6.51. The van der Waals surface area contributed by atoms with Crippen molar-refractivity contribution in [3.63, 3.8) is 0 Å². The van der Waals surface area contributed by atoms with Crippen LogP contribution in [0.2, 0.25) is 0 Å². The van der Waals surface area contributed by atoms with E-state index < -0.39 is 0 Å². The first-order valence-electron chi connectivity index (χ1n) is 8.43. The number of piperidine rings is 1. The van der Waals surface area contributed by atoms with Crippen LogP contribution in [-0.2, 0) is 0 Å². The molecule has 1 saturated heterocycles. The number of carbonyl (C=O) groups excluding carboxylic acids is 1. The Morgan fingerprint density at radius 2 is 2.13 bits per heavy atom. The molecule has 2 aromatic rings. The molecule has 5 nitrogen and oxygen atoms in total. The lowest BCUT2D eigenvalue weighted by molar-refractivity contribution is 0.0944. The summed E-state index contributed by atoms with van der Waals surface area (Å²) in [5.74, 6) is 0.390. The smallest absolute Gasteiger partial charge is 0.272 e.